The number of hydrogen-bond donors (Lipinski definition) is 1. The van der Waals surface area contributed by atoms with Crippen molar-refractivity contribution in [3.63, 3.8) is 0 Å². The van der Waals surface area contributed by atoms with E-state index in [2.05, 4.69) is 4.57 Å². The molecule has 0 aliphatic heterocycles. The largest absolute Gasteiger partial charge is 0.396 e. The number of para-hydroxylation sites is 1. The van der Waals surface area contributed by atoms with E-state index in [1.54, 1.807) is 12.1 Å². The van der Waals surface area contributed by atoms with Gasteiger partial charge in [-0.15, -0.1) is 0 Å². The van der Waals surface area contributed by atoms with Crippen LogP contribution in [0.3, 0.4) is 0 Å². The normalized spacial score (nSPS) is 11.1. The van der Waals surface area contributed by atoms with Crippen molar-refractivity contribution in [2.45, 2.75) is 26.3 Å². The first-order valence-corrected chi connectivity index (χ1v) is 8.13. The van der Waals surface area contributed by atoms with Crippen molar-refractivity contribution in [2.24, 2.45) is 0 Å². The lowest BCUT2D eigenvalue weighted by Gasteiger charge is -2.08. The number of carbonyl (C=O) groups excluding carboxylic acids is 1. The summed E-state index contributed by atoms with van der Waals surface area (Å²) in [6, 6.07) is 13.8. The van der Waals surface area contributed by atoms with Crippen LogP contribution in [-0.2, 0) is 6.54 Å². The molecule has 0 saturated heterocycles. The molecule has 3 aromatic rings. The number of hydrogen-bond acceptors (Lipinski definition) is 2. The molecule has 0 unspecified atom stereocenters. The SMILES string of the molecule is Cc1c(C(=O)c2ccccc2F)c2ccccc2n1CCCCO. The fourth-order valence-electron chi connectivity index (χ4n) is 3.17. The molecule has 0 fully saturated rings. The number of rotatable bonds is 6. The van der Waals surface area contributed by atoms with Gasteiger partial charge in [0.25, 0.3) is 0 Å². The van der Waals surface area contributed by atoms with Crippen LogP contribution in [0.25, 0.3) is 10.9 Å². The smallest absolute Gasteiger partial charge is 0.198 e. The number of fused-ring (bicyclic) bond motifs is 1. The van der Waals surface area contributed by atoms with Crippen LogP contribution in [0.4, 0.5) is 4.39 Å². The minimum absolute atomic E-state index is 0.0962. The van der Waals surface area contributed by atoms with Crippen molar-refractivity contribution in [1.29, 1.82) is 0 Å². The Hall–Kier alpha value is -2.46. The van der Waals surface area contributed by atoms with Crippen LogP contribution in [-0.4, -0.2) is 22.1 Å². The predicted molar refractivity (Wildman–Crippen MR) is 92.8 cm³/mol. The number of nitrogens with zero attached hydrogens (tertiary/aromatic N) is 1. The minimum atomic E-state index is -0.501. The van der Waals surface area contributed by atoms with Crippen molar-refractivity contribution >= 4 is 16.7 Å². The summed E-state index contributed by atoms with van der Waals surface area (Å²) in [4.78, 5) is 13.0. The highest BCUT2D eigenvalue weighted by molar-refractivity contribution is 6.17. The standard InChI is InChI=1S/C20H20FNO2/c1-14-19(20(24)15-8-2-4-10-17(15)21)16-9-3-5-11-18(16)22(14)12-6-7-13-23/h2-5,8-11,23H,6-7,12-13H2,1H3. The molecule has 0 aliphatic carbocycles. The Morgan fingerprint density at radius 3 is 2.54 bits per heavy atom. The number of carbonyl (C=O) groups is 1. The molecule has 3 rings (SSSR count). The van der Waals surface area contributed by atoms with Gasteiger partial charge in [0.2, 0.25) is 0 Å². The Morgan fingerprint density at radius 1 is 1.08 bits per heavy atom. The van der Waals surface area contributed by atoms with Crippen molar-refractivity contribution in [3.05, 3.63) is 71.2 Å². The molecule has 24 heavy (non-hydrogen) atoms. The van der Waals surface area contributed by atoms with Gasteiger partial charge in [0.05, 0.1) is 11.1 Å². The first kappa shape index (κ1) is 16.4. The van der Waals surface area contributed by atoms with Crippen LogP contribution in [0.1, 0.15) is 34.5 Å². The van der Waals surface area contributed by atoms with Crippen LogP contribution in [0.15, 0.2) is 48.5 Å². The summed E-state index contributed by atoms with van der Waals surface area (Å²) in [6.07, 6.45) is 1.53. The molecule has 0 atom stereocenters. The zero-order chi connectivity index (χ0) is 17.1. The number of aliphatic hydroxyl groups excluding tert-OH is 1. The molecule has 1 heterocycles. The Balaban J connectivity index is 2.13. The van der Waals surface area contributed by atoms with Gasteiger partial charge in [-0.25, -0.2) is 4.39 Å². The van der Waals surface area contributed by atoms with Crippen LogP contribution >= 0.6 is 0 Å². The molecule has 2 aromatic carbocycles. The fraction of sp³-hybridized carbons (Fsp3) is 0.250. The van der Waals surface area contributed by atoms with Crippen molar-refractivity contribution in [1.82, 2.24) is 4.57 Å². The summed E-state index contributed by atoms with van der Waals surface area (Å²) in [5, 5.41) is 9.83. The Kier molecular flexibility index (Phi) is 4.76. The number of aliphatic hydroxyl groups is 1. The van der Waals surface area contributed by atoms with E-state index in [0.29, 0.717) is 12.0 Å². The summed E-state index contributed by atoms with van der Waals surface area (Å²) in [5.74, 6) is -0.790. The number of ketones is 1. The summed E-state index contributed by atoms with van der Waals surface area (Å²) in [5.41, 5.74) is 2.45. The van der Waals surface area contributed by atoms with Crippen LogP contribution in [0.2, 0.25) is 0 Å². The highest BCUT2D eigenvalue weighted by Gasteiger charge is 2.22. The number of halogens is 1. The maximum Gasteiger partial charge on any atom is 0.198 e. The van der Waals surface area contributed by atoms with E-state index in [-0.39, 0.29) is 18.0 Å². The summed E-state index contributed by atoms with van der Waals surface area (Å²) in [7, 11) is 0. The highest BCUT2D eigenvalue weighted by atomic mass is 19.1. The second kappa shape index (κ2) is 6.97. The molecule has 1 aromatic heterocycles. The van der Waals surface area contributed by atoms with E-state index in [1.165, 1.54) is 12.1 Å². The molecule has 0 spiro atoms. The Labute approximate surface area is 140 Å². The topological polar surface area (TPSA) is 42.2 Å². The van der Waals surface area contributed by atoms with Gasteiger partial charge in [0.15, 0.2) is 5.78 Å². The molecule has 0 bridgehead atoms. The third-order valence-electron chi connectivity index (χ3n) is 4.37. The number of benzene rings is 2. The Morgan fingerprint density at radius 2 is 1.79 bits per heavy atom. The molecular formula is C20H20FNO2. The second-order valence-corrected chi connectivity index (χ2v) is 5.87. The molecular weight excluding hydrogens is 305 g/mol. The highest BCUT2D eigenvalue weighted by Crippen LogP contribution is 2.29. The molecule has 0 radical (unpaired) electrons. The van der Waals surface area contributed by atoms with E-state index in [9.17, 15) is 9.18 Å². The molecule has 0 saturated carbocycles. The average Bonchev–Trinajstić information content (AvgIpc) is 2.87. The van der Waals surface area contributed by atoms with Crippen molar-refractivity contribution in [3.8, 4) is 0 Å². The average molecular weight is 325 g/mol. The Bertz CT molecular complexity index is 882. The van der Waals surface area contributed by atoms with E-state index >= 15 is 0 Å². The molecule has 1 N–H and O–H groups in total. The number of unbranched alkanes of at least 4 members (excludes halogenated alkanes) is 1. The quantitative estimate of drug-likeness (QED) is 0.548. The lowest BCUT2D eigenvalue weighted by Crippen LogP contribution is -2.07. The van der Waals surface area contributed by atoms with Gasteiger partial charge in [-0.2, -0.15) is 0 Å². The van der Waals surface area contributed by atoms with Gasteiger partial charge in [-0.05, 0) is 38.0 Å². The van der Waals surface area contributed by atoms with Gasteiger partial charge < -0.3 is 9.67 Å². The van der Waals surface area contributed by atoms with Gasteiger partial charge in [0, 0.05) is 29.7 Å². The molecule has 0 amide bonds. The van der Waals surface area contributed by atoms with Crippen molar-refractivity contribution in [2.75, 3.05) is 6.61 Å². The van der Waals surface area contributed by atoms with Crippen LogP contribution in [0.5, 0.6) is 0 Å². The zero-order valence-electron chi connectivity index (χ0n) is 13.6. The third-order valence-corrected chi connectivity index (χ3v) is 4.37. The molecule has 124 valence electrons. The van der Waals surface area contributed by atoms with Crippen molar-refractivity contribution < 1.29 is 14.3 Å². The summed E-state index contributed by atoms with van der Waals surface area (Å²) in [6.45, 7) is 2.77. The molecule has 4 heteroatoms. The second-order valence-electron chi connectivity index (χ2n) is 5.87. The van der Waals surface area contributed by atoms with E-state index in [1.807, 2.05) is 31.2 Å². The molecule has 3 nitrogen and oxygen atoms in total. The van der Waals surface area contributed by atoms with E-state index in [4.69, 9.17) is 5.11 Å². The lowest BCUT2D eigenvalue weighted by atomic mass is 10.00. The first-order chi connectivity index (χ1) is 11.6. The number of aromatic nitrogens is 1. The van der Waals surface area contributed by atoms with E-state index in [0.717, 1.165) is 29.6 Å². The minimum Gasteiger partial charge on any atom is -0.396 e. The maximum atomic E-state index is 14.1. The van der Waals surface area contributed by atoms with E-state index < -0.39 is 5.82 Å². The summed E-state index contributed by atoms with van der Waals surface area (Å²) < 4.78 is 16.1. The number of aryl methyl sites for hydroxylation is 1. The van der Waals surface area contributed by atoms with Gasteiger partial charge in [0.1, 0.15) is 5.82 Å². The maximum absolute atomic E-state index is 14.1. The van der Waals surface area contributed by atoms with Gasteiger partial charge in [-0.1, -0.05) is 30.3 Å². The lowest BCUT2D eigenvalue weighted by molar-refractivity contribution is 0.103. The first-order valence-electron chi connectivity index (χ1n) is 8.13. The van der Waals surface area contributed by atoms with Crippen LogP contribution in [0, 0.1) is 12.7 Å². The van der Waals surface area contributed by atoms with Crippen LogP contribution < -0.4 is 0 Å². The fourth-order valence-corrected chi connectivity index (χ4v) is 3.17. The third kappa shape index (κ3) is 2.85. The molecule has 0 aliphatic rings. The van der Waals surface area contributed by atoms with Gasteiger partial charge >= 0.3 is 0 Å². The predicted octanol–water partition coefficient (Wildman–Crippen LogP) is 4.09. The van der Waals surface area contributed by atoms with Gasteiger partial charge in [-0.3, -0.25) is 4.79 Å². The zero-order valence-corrected chi connectivity index (χ0v) is 13.6. The summed E-state index contributed by atoms with van der Waals surface area (Å²) >= 11 is 0. The monoisotopic (exact) mass is 325 g/mol.